The number of halogens is 1. The number of ketones is 1. The maximum absolute atomic E-state index is 13.3. The van der Waals surface area contributed by atoms with Crippen LogP contribution in [0.3, 0.4) is 0 Å². The summed E-state index contributed by atoms with van der Waals surface area (Å²) >= 11 is 7.69. The highest BCUT2D eigenvalue weighted by molar-refractivity contribution is 7.10. The number of Topliss-reactive ketones (excluding diaryl/α,β-unsaturated/α-hetero) is 1. The van der Waals surface area contributed by atoms with Crippen molar-refractivity contribution in [3.63, 3.8) is 0 Å². The summed E-state index contributed by atoms with van der Waals surface area (Å²) in [5, 5.41) is 13.5. The van der Waals surface area contributed by atoms with E-state index in [1.165, 1.54) is 42.6 Å². The predicted molar refractivity (Wildman–Crippen MR) is 130 cm³/mol. The molecule has 1 atom stereocenters. The Hall–Kier alpha value is -3.29. The summed E-state index contributed by atoms with van der Waals surface area (Å²) in [6.45, 7) is 3.86. The summed E-state index contributed by atoms with van der Waals surface area (Å²) in [4.78, 5) is 28.7. The van der Waals surface area contributed by atoms with Crippen LogP contribution >= 0.6 is 22.9 Å². The average molecular weight is 484 g/mol. The minimum absolute atomic E-state index is 0.0267. The molecule has 33 heavy (non-hydrogen) atoms. The second kappa shape index (κ2) is 8.92. The van der Waals surface area contributed by atoms with Crippen molar-refractivity contribution in [1.29, 1.82) is 0 Å². The molecule has 1 aliphatic rings. The summed E-state index contributed by atoms with van der Waals surface area (Å²) in [6, 6.07) is 11.6. The SMILES string of the molecule is COc1cc(OC)c(/C(O)=C2/C(=O)C(=O)N(c3cc(C)cc(C)c3)C2c2cccs2)cc1Cl. The van der Waals surface area contributed by atoms with Crippen LogP contribution in [0.1, 0.15) is 27.6 Å². The first-order chi connectivity index (χ1) is 15.8. The van der Waals surface area contributed by atoms with Crippen LogP contribution in [0.5, 0.6) is 11.5 Å². The Bertz CT molecular complexity index is 1260. The van der Waals surface area contributed by atoms with Crippen molar-refractivity contribution in [2.75, 3.05) is 19.1 Å². The number of nitrogens with zero attached hydrogens (tertiary/aromatic N) is 1. The smallest absolute Gasteiger partial charge is 0.300 e. The number of carbonyl (C=O) groups is 2. The third kappa shape index (κ3) is 3.98. The number of carbonyl (C=O) groups excluding carboxylic acids is 2. The molecular weight excluding hydrogens is 462 g/mol. The van der Waals surface area contributed by atoms with Crippen molar-refractivity contribution in [3.8, 4) is 11.5 Å². The second-order valence-corrected chi connectivity index (χ2v) is 9.10. The molecule has 0 aliphatic carbocycles. The highest BCUT2D eigenvalue weighted by Gasteiger charge is 2.47. The molecular formula is C25H22ClNO5S. The van der Waals surface area contributed by atoms with Crippen LogP contribution in [0.4, 0.5) is 5.69 Å². The molecule has 0 bridgehead atoms. The normalized spacial score (nSPS) is 17.5. The number of amides is 1. The van der Waals surface area contributed by atoms with E-state index in [1.807, 2.05) is 49.6 Å². The fourth-order valence-corrected chi connectivity index (χ4v) is 5.16. The van der Waals surface area contributed by atoms with Gasteiger partial charge in [-0.05, 0) is 54.6 Å². The van der Waals surface area contributed by atoms with Gasteiger partial charge in [-0.1, -0.05) is 23.7 Å². The molecule has 1 aromatic heterocycles. The maximum atomic E-state index is 13.3. The highest BCUT2D eigenvalue weighted by atomic mass is 35.5. The summed E-state index contributed by atoms with van der Waals surface area (Å²) in [5.41, 5.74) is 2.68. The zero-order chi connectivity index (χ0) is 23.9. The molecule has 1 aliphatic heterocycles. The summed E-state index contributed by atoms with van der Waals surface area (Å²) in [6.07, 6.45) is 0. The number of anilines is 1. The van der Waals surface area contributed by atoms with Crippen LogP contribution < -0.4 is 14.4 Å². The van der Waals surface area contributed by atoms with Crippen LogP contribution in [-0.4, -0.2) is 31.0 Å². The minimum atomic E-state index is -0.795. The molecule has 1 fully saturated rings. The van der Waals surface area contributed by atoms with Gasteiger partial charge in [-0.25, -0.2) is 0 Å². The average Bonchev–Trinajstić information content (AvgIpc) is 3.39. The lowest BCUT2D eigenvalue weighted by molar-refractivity contribution is -0.132. The molecule has 2 aromatic carbocycles. The molecule has 1 unspecified atom stereocenters. The zero-order valence-corrected chi connectivity index (χ0v) is 20.1. The molecule has 1 N–H and O–H groups in total. The molecule has 170 valence electrons. The van der Waals surface area contributed by atoms with Crippen molar-refractivity contribution in [3.05, 3.63) is 80.0 Å². The van der Waals surface area contributed by atoms with Gasteiger partial charge in [0.15, 0.2) is 0 Å². The lowest BCUT2D eigenvalue weighted by atomic mass is 9.99. The topological polar surface area (TPSA) is 76.1 Å². The lowest BCUT2D eigenvalue weighted by Gasteiger charge is -2.25. The van der Waals surface area contributed by atoms with Crippen LogP contribution in [-0.2, 0) is 9.59 Å². The van der Waals surface area contributed by atoms with E-state index in [0.29, 0.717) is 11.4 Å². The fraction of sp³-hybridized carbons (Fsp3) is 0.200. The number of methoxy groups -OCH3 is 2. The minimum Gasteiger partial charge on any atom is -0.507 e. The van der Waals surface area contributed by atoms with E-state index in [9.17, 15) is 14.7 Å². The van der Waals surface area contributed by atoms with Crippen LogP contribution in [0, 0.1) is 13.8 Å². The van der Waals surface area contributed by atoms with Gasteiger partial charge < -0.3 is 14.6 Å². The van der Waals surface area contributed by atoms with E-state index in [-0.39, 0.29) is 27.7 Å². The highest BCUT2D eigenvalue weighted by Crippen LogP contribution is 2.46. The van der Waals surface area contributed by atoms with Gasteiger partial charge in [0.25, 0.3) is 11.7 Å². The van der Waals surface area contributed by atoms with Crippen molar-refractivity contribution in [2.45, 2.75) is 19.9 Å². The number of rotatable bonds is 5. The first-order valence-electron chi connectivity index (χ1n) is 10.1. The van der Waals surface area contributed by atoms with E-state index < -0.39 is 17.7 Å². The number of aliphatic hydroxyl groups excluding tert-OH is 1. The maximum Gasteiger partial charge on any atom is 0.300 e. The van der Waals surface area contributed by atoms with Crippen LogP contribution in [0.25, 0.3) is 5.76 Å². The molecule has 4 rings (SSSR count). The first-order valence-corrected chi connectivity index (χ1v) is 11.4. The van der Waals surface area contributed by atoms with Gasteiger partial charge >= 0.3 is 0 Å². The van der Waals surface area contributed by atoms with Gasteiger partial charge in [-0.3, -0.25) is 14.5 Å². The number of hydrogen-bond acceptors (Lipinski definition) is 6. The third-order valence-electron chi connectivity index (χ3n) is 5.47. The molecule has 2 heterocycles. The Morgan fingerprint density at radius 2 is 1.70 bits per heavy atom. The van der Waals surface area contributed by atoms with Crippen LogP contribution in [0.15, 0.2) is 53.4 Å². The van der Waals surface area contributed by atoms with Gasteiger partial charge in [-0.15, -0.1) is 11.3 Å². The molecule has 0 spiro atoms. The quantitative estimate of drug-likeness (QED) is 0.288. The van der Waals surface area contributed by atoms with Crippen LogP contribution in [0.2, 0.25) is 5.02 Å². The molecule has 0 saturated carbocycles. The Balaban J connectivity index is 1.97. The van der Waals surface area contributed by atoms with Gasteiger partial charge in [0.05, 0.1) is 30.4 Å². The molecule has 3 aromatic rings. The number of thiophene rings is 1. The molecule has 1 amide bonds. The van der Waals surface area contributed by atoms with Crippen molar-refractivity contribution in [1.82, 2.24) is 0 Å². The largest absolute Gasteiger partial charge is 0.507 e. The Kier molecular flexibility index (Phi) is 6.19. The molecule has 8 heteroatoms. The summed E-state index contributed by atoms with van der Waals surface area (Å²) in [5.74, 6) is -1.23. The molecule has 6 nitrogen and oxygen atoms in total. The Morgan fingerprint density at radius 1 is 1.03 bits per heavy atom. The second-order valence-electron chi connectivity index (χ2n) is 7.72. The van der Waals surface area contributed by atoms with Crippen molar-refractivity contribution < 1.29 is 24.2 Å². The predicted octanol–water partition coefficient (Wildman–Crippen LogP) is 5.66. The van der Waals surface area contributed by atoms with E-state index >= 15 is 0 Å². The van der Waals surface area contributed by atoms with Gasteiger partial charge in [0.2, 0.25) is 0 Å². The lowest BCUT2D eigenvalue weighted by Crippen LogP contribution is -2.29. The number of aliphatic hydroxyl groups is 1. The zero-order valence-electron chi connectivity index (χ0n) is 18.5. The standard InChI is InChI=1S/C25H22ClNO5S/c1-13-8-14(2)10-15(9-13)27-22(20-6-5-7-33-20)21(24(29)25(27)30)23(28)16-11-17(26)19(32-4)12-18(16)31-3/h5-12,22,28H,1-4H3/b23-21-. The van der Waals surface area contributed by atoms with E-state index in [4.69, 9.17) is 21.1 Å². The molecule has 0 radical (unpaired) electrons. The van der Waals surface area contributed by atoms with Crippen molar-refractivity contribution >= 4 is 46.1 Å². The van der Waals surface area contributed by atoms with E-state index in [2.05, 4.69) is 0 Å². The van der Waals surface area contributed by atoms with E-state index in [0.717, 1.165) is 16.0 Å². The number of ether oxygens (including phenoxy) is 2. The Morgan fingerprint density at radius 3 is 2.27 bits per heavy atom. The molecule has 1 saturated heterocycles. The number of aryl methyl sites for hydroxylation is 2. The summed E-state index contributed by atoms with van der Waals surface area (Å²) < 4.78 is 10.6. The van der Waals surface area contributed by atoms with Crippen molar-refractivity contribution in [2.24, 2.45) is 0 Å². The first kappa shape index (κ1) is 22.9. The number of benzene rings is 2. The third-order valence-corrected chi connectivity index (χ3v) is 6.69. The monoisotopic (exact) mass is 483 g/mol. The number of hydrogen-bond donors (Lipinski definition) is 1. The van der Waals surface area contributed by atoms with Gasteiger partial charge in [0, 0.05) is 16.6 Å². The van der Waals surface area contributed by atoms with Gasteiger partial charge in [0.1, 0.15) is 23.3 Å². The summed E-state index contributed by atoms with van der Waals surface area (Å²) in [7, 11) is 2.90. The van der Waals surface area contributed by atoms with Gasteiger partial charge in [-0.2, -0.15) is 0 Å². The van der Waals surface area contributed by atoms with E-state index in [1.54, 1.807) is 0 Å². The fourth-order valence-electron chi connectivity index (χ4n) is 4.09. The Labute approximate surface area is 200 Å².